The Labute approximate surface area is 146 Å². The molecule has 2 aromatic carbocycles. The van der Waals surface area contributed by atoms with Gasteiger partial charge in [0.2, 0.25) is 12.0 Å². The summed E-state index contributed by atoms with van der Waals surface area (Å²) >= 11 is 0. The first-order chi connectivity index (χ1) is 12.0. The van der Waals surface area contributed by atoms with Crippen LogP contribution in [0.25, 0.3) is 0 Å². The summed E-state index contributed by atoms with van der Waals surface area (Å²) in [4.78, 5) is 25.4. The summed E-state index contributed by atoms with van der Waals surface area (Å²) in [6.07, 6.45) is -1.15. The molecule has 0 saturated carbocycles. The average molecular weight is 340 g/mol. The molecule has 0 bridgehead atoms. The van der Waals surface area contributed by atoms with Gasteiger partial charge in [-0.15, -0.1) is 0 Å². The fraction of sp³-hybridized carbons (Fsp3) is 0.263. The number of rotatable bonds is 3. The lowest BCUT2D eigenvalue weighted by molar-refractivity contribution is -0.128. The van der Waals surface area contributed by atoms with E-state index in [0.717, 1.165) is 5.69 Å². The molecule has 2 aromatic rings. The van der Waals surface area contributed by atoms with Crippen LogP contribution < -0.4 is 19.7 Å². The number of nitrogens with zero attached hydrogens (tertiary/aromatic N) is 1. The van der Waals surface area contributed by atoms with E-state index in [-0.39, 0.29) is 11.8 Å². The number of hydrogen-bond acceptors (Lipinski definition) is 4. The van der Waals surface area contributed by atoms with Gasteiger partial charge in [-0.3, -0.25) is 9.59 Å². The summed E-state index contributed by atoms with van der Waals surface area (Å²) in [6, 6.07) is 14.3. The second-order valence-electron chi connectivity index (χ2n) is 5.92. The molecule has 6 heteroatoms. The van der Waals surface area contributed by atoms with E-state index < -0.39 is 12.2 Å². The van der Waals surface area contributed by atoms with Crippen LogP contribution in [0.1, 0.15) is 13.8 Å². The molecule has 0 radical (unpaired) electrons. The van der Waals surface area contributed by atoms with Gasteiger partial charge in [-0.25, -0.2) is 0 Å². The van der Waals surface area contributed by atoms with Gasteiger partial charge in [0, 0.05) is 25.3 Å². The van der Waals surface area contributed by atoms with Gasteiger partial charge in [-0.2, -0.15) is 0 Å². The molecule has 130 valence electrons. The molecule has 2 atom stereocenters. The summed E-state index contributed by atoms with van der Waals surface area (Å²) < 4.78 is 11.5. The van der Waals surface area contributed by atoms with E-state index in [0.29, 0.717) is 17.2 Å². The van der Waals surface area contributed by atoms with E-state index >= 15 is 0 Å². The number of amides is 2. The van der Waals surface area contributed by atoms with E-state index in [9.17, 15) is 9.59 Å². The molecule has 1 N–H and O–H groups in total. The van der Waals surface area contributed by atoms with E-state index in [1.54, 1.807) is 44.3 Å². The van der Waals surface area contributed by atoms with Gasteiger partial charge >= 0.3 is 0 Å². The van der Waals surface area contributed by atoms with Gasteiger partial charge < -0.3 is 19.7 Å². The van der Waals surface area contributed by atoms with Crippen LogP contribution >= 0.6 is 0 Å². The Morgan fingerprint density at radius 2 is 1.60 bits per heavy atom. The molecule has 1 aliphatic rings. The fourth-order valence-electron chi connectivity index (χ4n) is 2.57. The molecule has 25 heavy (non-hydrogen) atoms. The van der Waals surface area contributed by atoms with Crippen molar-refractivity contribution in [1.29, 1.82) is 0 Å². The van der Waals surface area contributed by atoms with Crippen LogP contribution in [0.4, 0.5) is 11.4 Å². The summed E-state index contributed by atoms with van der Waals surface area (Å²) in [5.41, 5.74) is 1.38. The number of ether oxygens (including phenoxy) is 2. The number of carbonyl (C=O) groups is 2. The first-order valence-corrected chi connectivity index (χ1v) is 8.03. The summed E-state index contributed by atoms with van der Waals surface area (Å²) in [7, 11) is 1.70. The van der Waals surface area contributed by atoms with Crippen molar-refractivity contribution in [2.24, 2.45) is 0 Å². The second-order valence-corrected chi connectivity index (χ2v) is 5.92. The van der Waals surface area contributed by atoms with Crippen molar-refractivity contribution >= 4 is 23.2 Å². The van der Waals surface area contributed by atoms with Crippen LogP contribution in [0.2, 0.25) is 0 Å². The van der Waals surface area contributed by atoms with Crippen molar-refractivity contribution < 1.29 is 19.1 Å². The smallest absolute Gasteiger partial charge is 0.269 e. The molecular weight excluding hydrogens is 320 g/mol. The number of para-hydroxylation sites is 2. The van der Waals surface area contributed by atoms with Crippen LogP contribution in [0.3, 0.4) is 0 Å². The number of benzene rings is 2. The number of carbonyl (C=O) groups excluding carboxylic acids is 2. The molecule has 1 aliphatic heterocycles. The molecule has 3 rings (SSSR count). The molecule has 0 fully saturated rings. The maximum atomic E-state index is 12.5. The highest BCUT2D eigenvalue weighted by Gasteiger charge is 2.34. The summed E-state index contributed by atoms with van der Waals surface area (Å²) in [5, 5.41) is 2.82. The SMILES string of the molecule is CC(=O)N(C)c1ccc(NC(=O)C2Oc3ccccc3OC2C)cc1. The van der Waals surface area contributed by atoms with E-state index in [2.05, 4.69) is 5.32 Å². The third-order valence-electron chi connectivity index (χ3n) is 4.10. The lowest BCUT2D eigenvalue weighted by atomic mass is 10.1. The summed E-state index contributed by atoms with van der Waals surface area (Å²) in [5.74, 6) is 0.849. The highest BCUT2D eigenvalue weighted by molar-refractivity contribution is 5.96. The minimum Gasteiger partial charge on any atom is -0.482 e. The zero-order valence-corrected chi connectivity index (χ0v) is 14.4. The number of hydrogen-bond donors (Lipinski definition) is 1. The Balaban J connectivity index is 1.69. The van der Waals surface area contributed by atoms with Gasteiger partial charge in [-0.1, -0.05) is 12.1 Å². The molecule has 0 aliphatic carbocycles. The predicted octanol–water partition coefficient (Wildman–Crippen LogP) is 2.84. The van der Waals surface area contributed by atoms with E-state index in [1.165, 1.54) is 11.8 Å². The van der Waals surface area contributed by atoms with Gasteiger partial charge in [0.25, 0.3) is 5.91 Å². The van der Waals surface area contributed by atoms with Crippen LogP contribution in [0.5, 0.6) is 11.5 Å². The third kappa shape index (κ3) is 3.57. The first-order valence-electron chi connectivity index (χ1n) is 8.03. The molecule has 1 heterocycles. The van der Waals surface area contributed by atoms with Crippen LogP contribution in [0, 0.1) is 0 Å². The minimum absolute atomic E-state index is 0.0583. The lowest BCUT2D eigenvalue weighted by Crippen LogP contribution is -2.46. The maximum absolute atomic E-state index is 12.5. The molecule has 2 unspecified atom stereocenters. The predicted molar refractivity (Wildman–Crippen MR) is 95.1 cm³/mol. The highest BCUT2D eigenvalue weighted by Crippen LogP contribution is 2.33. The minimum atomic E-state index is -0.741. The van der Waals surface area contributed by atoms with Crippen molar-refractivity contribution in [3.8, 4) is 11.5 Å². The zero-order chi connectivity index (χ0) is 18.0. The van der Waals surface area contributed by atoms with Crippen LogP contribution in [-0.2, 0) is 9.59 Å². The van der Waals surface area contributed by atoms with E-state index in [4.69, 9.17) is 9.47 Å². The number of fused-ring (bicyclic) bond motifs is 1. The Hall–Kier alpha value is -3.02. The lowest BCUT2D eigenvalue weighted by Gasteiger charge is -2.31. The Kier molecular flexibility index (Phi) is 4.61. The topological polar surface area (TPSA) is 67.9 Å². The molecule has 2 amide bonds. The first kappa shape index (κ1) is 16.8. The average Bonchev–Trinajstić information content (AvgIpc) is 2.61. The number of nitrogens with one attached hydrogen (secondary N) is 1. The Morgan fingerprint density at radius 3 is 2.20 bits per heavy atom. The van der Waals surface area contributed by atoms with Gasteiger partial charge in [-0.05, 0) is 43.3 Å². The normalized spacial score (nSPS) is 18.4. The Morgan fingerprint density at radius 1 is 1.00 bits per heavy atom. The van der Waals surface area contributed by atoms with E-state index in [1.807, 2.05) is 18.2 Å². The van der Waals surface area contributed by atoms with Crippen molar-refractivity contribution in [2.45, 2.75) is 26.1 Å². The molecule has 0 spiro atoms. The molecule has 0 saturated heterocycles. The third-order valence-corrected chi connectivity index (χ3v) is 4.10. The van der Waals surface area contributed by atoms with Crippen molar-refractivity contribution in [3.05, 3.63) is 48.5 Å². The zero-order valence-electron chi connectivity index (χ0n) is 14.4. The molecular formula is C19H20N2O4. The fourth-order valence-corrected chi connectivity index (χ4v) is 2.57. The van der Waals surface area contributed by atoms with Crippen molar-refractivity contribution in [3.63, 3.8) is 0 Å². The highest BCUT2D eigenvalue weighted by atomic mass is 16.6. The number of anilines is 2. The standard InChI is InChI=1S/C19H20N2O4/c1-12-18(25-17-7-5-4-6-16(17)24-12)19(23)20-14-8-10-15(11-9-14)21(3)13(2)22/h4-12,18H,1-3H3,(H,20,23). The van der Waals surface area contributed by atoms with Crippen molar-refractivity contribution in [2.75, 3.05) is 17.3 Å². The quantitative estimate of drug-likeness (QED) is 0.933. The monoisotopic (exact) mass is 340 g/mol. The van der Waals surface area contributed by atoms with Crippen LogP contribution in [0.15, 0.2) is 48.5 Å². The van der Waals surface area contributed by atoms with Gasteiger partial charge in [0.15, 0.2) is 11.5 Å². The summed E-state index contributed by atoms with van der Waals surface area (Å²) in [6.45, 7) is 3.29. The largest absolute Gasteiger partial charge is 0.482 e. The van der Waals surface area contributed by atoms with Crippen molar-refractivity contribution in [1.82, 2.24) is 0 Å². The second kappa shape index (κ2) is 6.84. The van der Waals surface area contributed by atoms with Gasteiger partial charge in [0.05, 0.1) is 0 Å². The van der Waals surface area contributed by atoms with Crippen LogP contribution in [-0.4, -0.2) is 31.1 Å². The molecule has 0 aromatic heterocycles. The Bertz CT molecular complexity index is 788. The molecule has 6 nitrogen and oxygen atoms in total. The maximum Gasteiger partial charge on any atom is 0.269 e. The van der Waals surface area contributed by atoms with Gasteiger partial charge in [0.1, 0.15) is 6.10 Å².